The highest BCUT2D eigenvalue weighted by Crippen LogP contribution is 2.28. The van der Waals surface area contributed by atoms with Crippen molar-refractivity contribution in [2.24, 2.45) is 0 Å². The van der Waals surface area contributed by atoms with Crippen LogP contribution in [-0.2, 0) is 26.2 Å². The minimum atomic E-state index is -3.81. The lowest BCUT2D eigenvalue weighted by atomic mass is 10.1. The molecule has 0 bridgehead atoms. The van der Waals surface area contributed by atoms with Gasteiger partial charge in [0.15, 0.2) is 0 Å². The number of halogens is 2. The molecule has 0 aliphatic heterocycles. The summed E-state index contributed by atoms with van der Waals surface area (Å²) >= 11 is 12.4. The highest BCUT2D eigenvalue weighted by Gasteiger charge is 2.33. The van der Waals surface area contributed by atoms with E-state index in [-0.39, 0.29) is 18.5 Å². The molecule has 0 saturated carbocycles. The van der Waals surface area contributed by atoms with Crippen molar-refractivity contribution in [3.63, 3.8) is 0 Å². The molecule has 10 heteroatoms. The minimum Gasteiger partial charge on any atom is -0.352 e. The summed E-state index contributed by atoms with van der Waals surface area (Å²) in [4.78, 5) is 28.2. The summed E-state index contributed by atoms with van der Waals surface area (Å²) in [5, 5.41) is 3.65. The van der Waals surface area contributed by atoms with Gasteiger partial charge in [-0.15, -0.1) is 0 Å². The zero-order valence-electron chi connectivity index (χ0n) is 20.9. The van der Waals surface area contributed by atoms with E-state index >= 15 is 0 Å². The van der Waals surface area contributed by atoms with E-state index in [1.165, 1.54) is 4.90 Å². The quantitative estimate of drug-likeness (QED) is 0.471. The van der Waals surface area contributed by atoms with Crippen molar-refractivity contribution in [3.05, 3.63) is 63.1 Å². The molecule has 0 aliphatic carbocycles. The summed E-state index contributed by atoms with van der Waals surface area (Å²) in [6.45, 7) is 8.61. The van der Waals surface area contributed by atoms with Gasteiger partial charge in [-0.1, -0.05) is 54.4 Å². The van der Waals surface area contributed by atoms with Crippen molar-refractivity contribution in [2.45, 2.75) is 59.7 Å². The smallest absolute Gasteiger partial charge is 0.244 e. The average molecular weight is 543 g/mol. The van der Waals surface area contributed by atoms with Crippen molar-refractivity contribution >= 4 is 50.7 Å². The van der Waals surface area contributed by atoms with Gasteiger partial charge in [-0.3, -0.25) is 13.9 Å². The molecule has 2 aromatic rings. The molecule has 7 nitrogen and oxygen atoms in total. The molecule has 0 unspecified atom stereocenters. The number of rotatable bonds is 10. The summed E-state index contributed by atoms with van der Waals surface area (Å²) in [7, 11) is -3.81. The maximum Gasteiger partial charge on any atom is 0.244 e. The number of nitrogens with zero attached hydrogens (tertiary/aromatic N) is 2. The van der Waals surface area contributed by atoms with Crippen LogP contribution in [0.15, 0.2) is 36.4 Å². The number of amides is 2. The normalized spacial score (nSPS) is 12.4. The van der Waals surface area contributed by atoms with E-state index in [0.29, 0.717) is 27.7 Å². The Morgan fingerprint density at radius 1 is 1.06 bits per heavy atom. The maximum absolute atomic E-state index is 13.7. The SMILES string of the molecule is CC[C@@H](C(=O)NC(C)C)N(Cc1ccc(Cl)cc1Cl)C(=O)CN(c1c(C)cccc1C)S(C)(=O)=O. The van der Waals surface area contributed by atoms with Crippen molar-refractivity contribution in [1.29, 1.82) is 0 Å². The fourth-order valence-corrected chi connectivity index (χ4v) is 5.34. The number of hydrogen-bond donors (Lipinski definition) is 1. The van der Waals surface area contributed by atoms with Crippen LogP contribution in [0.4, 0.5) is 5.69 Å². The van der Waals surface area contributed by atoms with Gasteiger partial charge in [0.05, 0.1) is 11.9 Å². The Kier molecular flexibility index (Phi) is 10.0. The molecule has 192 valence electrons. The van der Waals surface area contributed by atoms with Crippen LogP contribution < -0.4 is 9.62 Å². The molecule has 2 rings (SSSR count). The average Bonchev–Trinajstić information content (AvgIpc) is 2.72. The molecule has 0 aliphatic rings. The van der Waals surface area contributed by atoms with Gasteiger partial charge in [-0.25, -0.2) is 8.42 Å². The largest absolute Gasteiger partial charge is 0.352 e. The Morgan fingerprint density at radius 2 is 1.66 bits per heavy atom. The first-order valence-electron chi connectivity index (χ1n) is 11.3. The van der Waals surface area contributed by atoms with Crippen LogP contribution in [0.3, 0.4) is 0 Å². The molecule has 2 amide bonds. The predicted molar refractivity (Wildman–Crippen MR) is 142 cm³/mol. The number of carbonyl (C=O) groups excluding carboxylic acids is 2. The van der Waals surface area contributed by atoms with Crippen molar-refractivity contribution < 1.29 is 18.0 Å². The maximum atomic E-state index is 13.7. The van der Waals surface area contributed by atoms with Gasteiger partial charge in [0.25, 0.3) is 0 Å². The fourth-order valence-electron chi connectivity index (χ4n) is 3.91. The Balaban J connectivity index is 2.54. The summed E-state index contributed by atoms with van der Waals surface area (Å²) in [5.41, 5.74) is 2.49. The summed E-state index contributed by atoms with van der Waals surface area (Å²) in [6, 6.07) is 9.37. The van der Waals surface area contributed by atoms with Gasteiger partial charge in [0, 0.05) is 22.6 Å². The first-order chi connectivity index (χ1) is 16.3. The second-order valence-electron chi connectivity index (χ2n) is 8.85. The molecule has 1 N–H and O–H groups in total. The highest BCUT2D eigenvalue weighted by atomic mass is 35.5. The zero-order chi connectivity index (χ0) is 26.5. The van der Waals surface area contributed by atoms with Gasteiger partial charge < -0.3 is 10.2 Å². The van der Waals surface area contributed by atoms with Gasteiger partial charge in [-0.05, 0) is 62.9 Å². The molecular weight excluding hydrogens is 509 g/mol. The number of sulfonamides is 1. The molecule has 0 heterocycles. The van der Waals surface area contributed by atoms with E-state index in [9.17, 15) is 18.0 Å². The first-order valence-corrected chi connectivity index (χ1v) is 13.9. The van der Waals surface area contributed by atoms with Gasteiger partial charge in [0.2, 0.25) is 21.8 Å². The predicted octanol–water partition coefficient (Wildman–Crippen LogP) is 4.71. The number of aryl methyl sites for hydroxylation is 2. The van der Waals surface area contributed by atoms with Gasteiger partial charge in [-0.2, -0.15) is 0 Å². The van der Waals surface area contributed by atoms with Gasteiger partial charge >= 0.3 is 0 Å². The molecule has 1 atom stereocenters. The summed E-state index contributed by atoms with van der Waals surface area (Å²) in [6.07, 6.45) is 1.40. The second kappa shape index (κ2) is 12.1. The van der Waals surface area contributed by atoms with Crippen LogP contribution >= 0.6 is 23.2 Å². The van der Waals surface area contributed by atoms with Crippen LogP contribution in [0.2, 0.25) is 10.0 Å². The van der Waals surface area contributed by atoms with E-state index in [2.05, 4.69) is 5.32 Å². The standard InChI is InChI=1S/C25H33Cl2N3O4S/c1-7-22(25(32)28-16(2)3)29(14-19-11-12-20(26)13-21(19)27)23(31)15-30(35(6,33)34)24-17(4)9-8-10-18(24)5/h8-13,16,22H,7,14-15H2,1-6H3,(H,28,32)/t22-/m0/s1. The third-order valence-electron chi connectivity index (χ3n) is 5.54. The van der Waals surface area contributed by atoms with Crippen molar-refractivity contribution in [3.8, 4) is 0 Å². The van der Waals surface area contributed by atoms with Crippen LogP contribution in [0, 0.1) is 13.8 Å². The number of para-hydroxylation sites is 1. The van der Waals surface area contributed by atoms with Crippen LogP contribution in [-0.4, -0.2) is 50.0 Å². The lowest BCUT2D eigenvalue weighted by Crippen LogP contribution is -2.53. The van der Waals surface area contributed by atoms with Crippen molar-refractivity contribution in [1.82, 2.24) is 10.2 Å². The third kappa shape index (κ3) is 7.59. The minimum absolute atomic E-state index is 0.0171. The Hall–Kier alpha value is -2.29. The van der Waals surface area contributed by atoms with E-state index in [0.717, 1.165) is 21.7 Å². The third-order valence-corrected chi connectivity index (χ3v) is 7.24. The molecule has 0 fully saturated rings. The van der Waals surface area contributed by atoms with Gasteiger partial charge in [0.1, 0.15) is 12.6 Å². The van der Waals surface area contributed by atoms with E-state index < -0.39 is 28.5 Å². The number of nitrogens with one attached hydrogen (secondary N) is 1. The Morgan fingerprint density at radius 3 is 2.14 bits per heavy atom. The summed E-state index contributed by atoms with van der Waals surface area (Å²) < 4.78 is 26.7. The topological polar surface area (TPSA) is 86.8 Å². The number of hydrogen-bond acceptors (Lipinski definition) is 4. The first kappa shape index (κ1) is 28.9. The number of benzene rings is 2. The van der Waals surface area contributed by atoms with Crippen LogP contribution in [0.1, 0.15) is 43.9 Å². The molecular formula is C25H33Cl2N3O4S. The van der Waals surface area contributed by atoms with Crippen LogP contribution in [0.25, 0.3) is 0 Å². The molecule has 0 spiro atoms. The fraction of sp³-hybridized carbons (Fsp3) is 0.440. The molecule has 0 saturated heterocycles. The highest BCUT2D eigenvalue weighted by molar-refractivity contribution is 7.92. The van der Waals surface area contributed by atoms with Crippen molar-refractivity contribution in [2.75, 3.05) is 17.1 Å². The number of anilines is 1. The molecule has 0 radical (unpaired) electrons. The lowest BCUT2D eigenvalue weighted by Gasteiger charge is -2.34. The monoisotopic (exact) mass is 541 g/mol. The lowest BCUT2D eigenvalue weighted by molar-refractivity contribution is -0.140. The summed E-state index contributed by atoms with van der Waals surface area (Å²) in [5.74, 6) is -0.839. The van der Waals surface area contributed by atoms with E-state index in [1.807, 2.05) is 19.9 Å². The second-order valence-corrected chi connectivity index (χ2v) is 11.6. The van der Waals surface area contributed by atoms with E-state index in [4.69, 9.17) is 23.2 Å². The Labute approximate surface area is 218 Å². The molecule has 2 aromatic carbocycles. The van der Waals surface area contributed by atoms with E-state index in [1.54, 1.807) is 51.1 Å². The molecule has 0 aromatic heterocycles. The number of carbonyl (C=O) groups is 2. The Bertz CT molecular complexity index is 1160. The molecule has 35 heavy (non-hydrogen) atoms. The zero-order valence-corrected chi connectivity index (χ0v) is 23.3. The van der Waals surface area contributed by atoms with Crippen LogP contribution in [0.5, 0.6) is 0 Å².